The minimum Gasteiger partial charge on any atom is -0.309 e. The van der Waals surface area contributed by atoms with Crippen LogP contribution in [0.15, 0.2) is 40.3 Å². The van der Waals surface area contributed by atoms with Crippen LogP contribution in [0.4, 0.5) is 5.69 Å². The number of benzene rings is 1. The molecule has 0 spiro atoms. The average Bonchev–Trinajstić information content (AvgIpc) is 3.33. The summed E-state index contributed by atoms with van der Waals surface area (Å²) in [5.41, 5.74) is 2.17. The van der Waals surface area contributed by atoms with Gasteiger partial charge in [-0.15, -0.1) is 11.3 Å². The van der Waals surface area contributed by atoms with Gasteiger partial charge in [-0.05, 0) is 57.2 Å². The van der Waals surface area contributed by atoms with Gasteiger partial charge in [-0.3, -0.25) is 14.2 Å². The highest BCUT2D eigenvalue weighted by Gasteiger charge is 2.24. The van der Waals surface area contributed by atoms with Gasteiger partial charge in [0.2, 0.25) is 5.91 Å². The lowest BCUT2D eigenvalue weighted by Gasteiger charge is -2.27. The number of unbranched alkanes of at least 4 members (excludes halogenated alkanes) is 1. The van der Waals surface area contributed by atoms with Crippen molar-refractivity contribution in [3.63, 3.8) is 0 Å². The summed E-state index contributed by atoms with van der Waals surface area (Å²) in [5.74, 6) is 0.277. The first-order chi connectivity index (χ1) is 15.0. The molecule has 0 saturated heterocycles. The molecule has 7 heteroatoms. The molecule has 0 aliphatic heterocycles. The Morgan fingerprint density at radius 2 is 2.03 bits per heavy atom. The molecule has 0 radical (unpaired) electrons. The molecule has 1 amide bonds. The fourth-order valence-electron chi connectivity index (χ4n) is 4.20. The summed E-state index contributed by atoms with van der Waals surface area (Å²) in [4.78, 5) is 35.4. The predicted molar refractivity (Wildman–Crippen MR) is 131 cm³/mol. The second kappa shape index (κ2) is 9.57. The van der Waals surface area contributed by atoms with Gasteiger partial charge in [0.1, 0.15) is 4.83 Å². The monoisotopic (exact) mass is 455 g/mol. The van der Waals surface area contributed by atoms with E-state index >= 15 is 0 Å². The van der Waals surface area contributed by atoms with E-state index in [0.29, 0.717) is 11.7 Å². The molecule has 164 valence electrons. The maximum absolute atomic E-state index is 13.4. The highest BCUT2D eigenvalue weighted by Crippen LogP contribution is 2.35. The van der Waals surface area contributed by atoms with Gasteiger partial charge < -0.3 is 4.90 Å². The Balaban J connectivity index is 1.64. The normalized spacial score (nSPS) is 13.2. The standard InChI is InChI=1S/C24H29N3O2S2/c1-4-5-14-26-23(29)21-18-12-9-13-19(18)31-22(21)25-24(26)30-15-20(28)27(16(2)3)17-10-7-6-8-11-17/h6-8,10-11,16H,4-5,9,12-15H2,1-3H3. The maximum atomic E-state index is 13.4. The molecule has 2 aromatic heterocycles. The van der Waals surface area contributed by atoms with Crippen molar-refractivity contribution in [2.24, 2.45) is 0 Å². The Bertz CT molecular complexity index is 1140. The molecule has 3 aromatic rings. The molecular weight excluding hydrogens is 426 g/mol. The van der Waals surface area contributed by atoms with Crippen LogP contribution in [-0.2, 0) is 24.2 Å². The van der Waals surface area contributed by atoms with E-state index in [1.807, 2.05) is 49.1 Å². The quantitative estimate of drug-likeness (QED) is 0.342. The third-order valence-corrected chi connectivity index (χ3v) is 7.82. The number of aryl methyl sites for hydroxylation is 2. The Hall–Kier alpha value is -2.12. The second-order valence-electron chi connectivity index (χ2n) is 8.22. The number of carbonyl (C=O) groups excluding carboxylic acids is 1. The van der Waals surface area contributed by atoms with Crippen molar-refractivity contribution in [1.82, 2.24) is 9.55 Å². The van der Waals surface area contributed by atoms with E-state index in [-0.39, 0.29) is 23.3 Å². The third-order valence-electron chi connectivity index (χ3n) is 5.67. The maximum Gasteiger partial charge on any atom is 0.263 e. The van der Waals surface area contributed by atoms with E-state index in [2.05, 4.69) is 6.92 Å². The van der Waals surface area contributed by atoms with E-state index in [4.69, 9.17) is 4.98 Å². The fourth-order valence-corrected chi connectivity index (χ4v) is 6.38. The first-order valence-electron chi connectivity index (χ1n) is 11.1. The molecule has 0 atom stereocenters. The van der Waals surface area contributed by atoms with Crippen LogP contribution in [0.1, 0.15) is 50.5 Å². The topological polar surface area (TPSA) is 55.2 Å². The Morgan fingerprint density at radius 1 is 1.26 bits per heavy atom. The van der Waals surface area contributed by atoms with Crippen molar-refractivity contribution in [3.05, 3.63) is 51.1 Å². The van der Waals surface area contributed by atoms with Gasteiger partial charge in [0.25, 0.3) is 5.56 Å². The number of anilines is 1. The van der Waals surface area contributed by atoms with Crippen molar-refractivity contribution < 1.29 is 4.79 Å². The van der Waals surface area contributed by atoms with Crippen LogP contribution >= 0.6 is 23.1 Å². The summed E-state index contributed by atoms with van der Waals surface area (Å²) >= 11 is 3.04. The van der Waals surface area contributed by atoms with Crippen molar-refractivity contribution in [3.8, 4) is 0 Å². The number of amides is 1. The number of thioether (sulfide) groups is 1. The number of nitrogens with zero attached hydrogens (tertiary/aromatic N) is 3. The lowest BCUT2D eigenvalue weighted by molar-refractivity contribution is -0.116. The zero-order valence-electron chi connectivity index (χ0n) is 18.4. The first kappa shape index (κ1) is 22.1. The van der Waals surface area contributed by atoms with Crippen molar-refractivity contribution >= 4 is 44.9 Å². The molecule has 0 fully saturated rings. The average molecular weight is 456 g/mol. The number of thiophene rings is 1. The van der Waals surface area contributed by atoms with Crippen LogP contribution in [-0.4, -0.2) is 27.3 Å². The van der Waals surface area contributed by atoms with Crippen LogP contribution in [0.3, 0.4) is 0 Å². The van der Waals surface area contributed by atoms with E-state index in [9.17, 15) is 9.59 Å². The number of hydrogen-bond acceptors (Lipinski definition) is 5. The van der Waals surface area contributed by atoms with E-state index < -0.39 is 0 Å². The lowest BCUT2D eigenvalue weighted by atomic mass is 10.2. The SMILES string of the molecule is CCCCn1c(SCC(=O)N(c2ccccc2)C(C)C)nc2sc3c(c2c1=O)CCC3. The van der Waals surface area contributed by atoms with Crippen LogP contribution in [0.25, 0.3) is 10.2 Å². The lowest BCUT2D eigenvalue weighted by Crippen LogP contribution is -2.38. The molecule has 5 nitrogen and oxygen atoms in total. The number of aromatic nitrogens is 2. The summed E-state index contributed by atoms with van der Waals surface area (Å²) in [6.07, 6.45) is 5.08. The van der Waals surface area contributed by atoms with Gasteiger partial charge in [0.05, 0.1) is 11.1 Å². The molecule has 4 rings (SSSR count). The molecular formula is C24H29N3O2S2. The Labute approximate surface area is 191 Å². The highest BCUT2D eigenvalue weighted by molar-refractivity contribution is 7.99. The number of rotatable bonds is 8. The van der Waals surface area contributed by atoms with Gasteiger partial charge >= 0.3 is 0 Å². The van der Waals surface area contributed by atoms with Crippen molar-refractivity contribution in [1.29, 1.82) is 0 Å². The molecule has 31 heavy (non-hydrogen) atoms. The molecule has 1 aromatic carbocycles. The van der Waals surface area contributed by atoms with E-state index in [1.54, 1.807) is 15.9 Å². The summed E-state index contributed by atoms with van der Waals surface area (Å²) in [6.45, 7) is 6.80. The van der Waals surface area contributed by atoms with Crippen LogP contribution in [0.5, 0.6) is 0 Å². The zero-order valence-corrected chi connectivity index (χ0v) is 20.0. The van der Waals surface area contributed by atoms with Gasteiger partial charge in [0.15, 0.2) is 5.16 Å². The summed E-state index contributed by atoms with van der Waals surface area (Å²) < 4.78 is 1.80. The van der Waals surface area contributed by atoms with Gasteiger partial charge in [-0.25, -0.2) is 4.98 Å². The first-order valence-corrected chi connectivity index (χ1v) is 12.9. The van der Waals surface area contributed by atoms with Gasteiger partial charge in [0, 0.05) is 23.2 Å². The molecule has 1 aliphatic carbocycles. The Kier molecular flexibility index (Phi) is 6.82. The number of fused-ring (bicyclic) bond motifs is 3. The predicted octanol–water partition coefficient (Wildman–Crippen LogP) is 5.28. The number of hydrogen-bond donors (Lipinski definition) is 0. The van der Waals surface area contributed by atoms with Gasteiger partial charge in [-0.2, -0.15) is 0 Å². The van der Waals surface area contributed by atoms with E-state index in [0.717, 1.165) is 48.0 Å². The minimum atomic E-state index is 0.0243. The van der Waals surface area contributed by atoms with E-state index in [1.165, 1.54) is 22.2 Å². The molecule has 0 bridgehead atoms. The molecule has 0 saturated carbocycles. The molecule has 2 heterocycles. The summed E-state index contributed by atoms with van der Waals surface area (Å²) in [7, 11) is 0. The third kappa shape index (κ3) is 4.44. The van der Waals surface area contributed by atoms with Crippen LogP contribution < -0.4 is 10.5 Å². The largest absolute Gasteiger partial charge is 0.309 e. The number of carbonyl (C=O) groups is 1. The zero-order chi connectivity index (χ0) is 22.0. The molecule has 0 unspecified atom stereocenters. The minimum absolute atomic E-state index is 0.0243. The van der Waals surface area contributed by atoms with Gasteiger partial charge in [-0.1, -0.05) is 43.3 Å². The molecule has 1 aliphatic rings. The second-order valence-corrected chi connectivity index (χ2v) is 10.3. The van der Waals surface area contributed by atoms with Crippen molar-refractivity contribution in [2.45, 2.75) is 70.6 Å². The van der Waals surface area contributed by atoms with Crippen molar-refractivity contribution in [2.75, 3.05) is 10.7 Å². The Morgan fingerprint density at radius 3 is 2.74 bits per heavy atom. The smallest absolute Gasteiger partial charge is 0.263 e. The molecule has 0 N–H and O–H groups in total. The highest BCUT2D eigenvalue weighted by atomic mass is 32.2. The summed E-state index contributed by atoms with van der Waals surface area (Å²) in [6, 6.07) is 9.80. The summed E-state index contributed by atoms with van der Waals surface area (Å²) in [5, 5.41) is 1.48. The number of para-hydroxylation sites is 1. The van der Waals surface area contributed by atoms with Crippen LogP contribution in [0, 0.1) is 0 Å². The van der Waals surface area contributed by atoms with Crippen LogP contribution in [0.2, 0.25) is 0 Å². The fraction of sp³-hybridized carbons (Fsp3) is 0.458.